The van der Waals surface area contributed by atoms with Crippen LogP contribution in [0.5, 0.6) is 0 Å². The Hall–Kier alpha value is -1.37. The normalized spacial score (nSPS) is 15.6. The molecule has 1 amide bonds. The molecule has 8 heteroatoms. The van der Waals surface area contributed by atoms with Gasteiger partial charge in [0.2, 0.25) is 5.91 Å². The van der Waals surface area contributed by atoms with Crippen LogP contribution in [0.1, 0.15) is 31.5 Å². The zero-order chi connectivity index (χ0) is 15.7. The number of rotatable bonds is 4. The van der Waals surface area contributed by atoms with Crippen molar-refractivity contribution < 1.29 is 9.18 Å². The fraction of sp³-hybridized carbons (Fsp3) is 0.500. The molecule has 0 radical (unpaired) electrons. The number of halogens is 3. The van der Waals surface area contributed by atoms with E-state index in [1.54, 1.807) is 6.07 Å². The number of nitrogens with two attached hydrogens (primary N) is 1. The molecule has 0 aliphatic heterocycles. The van der Waals surface area contributed by atoms with Crippen LogP contribution in [-0.2, 0) is 18.3 Å². The molecule has 1 fully saturated rings. The Kier molecular flexibility index (Phi) is 7.01. The second-order valence-electron chi connectivity index (χ2n) is 6.09. The first-order chi connectivity index (χ1) is 10.5. The summed E-state index contributed by atoms with van der Waals surface area (Å²) in [4.78, 5) is 16.6. The summed E-state index contributed by atoms with van der Waals surface area (Å²) >= 11 is 0. The van der Waals surface area contributed by atoms with Gasteiger partial charge in [-0.3, -0.25) is 4.79 Å². The van der Waals surface area contributed by atoms with Crippen LogP contribution in [0.4, 0.5) is 4.39 Å². The standard InChI is InChI=1S/C16H21FN4O.2ClH/c1-21-13-10-11(17)4-5-12(13)20-14(21)6-9-19-15(22)16(18)7-2-3-8-16;;/h4-5,10H,2-3,6-9,18H2,1H3,(H,19,22);2*1H. The van der Waals surface area contributed by atoms with E-state index in [1.165, 1.54) is 12.1 Å². The lowest BCUT2D eigenvalue weighted by molar-refractivity contribution is -0.126. The monoisotopic (exact) mass is 376 g/mol. The molecule has 134 valence electrons. The SMILES string of the molecule is Cl.Cl.Cn1c(CCNC(=O)C2(N)CCCC2)nc2ccc(F)cc21. The maximum Gasteiger partial charge on any atom is 0.240 e. The summed E-state index contributed by atoms with van der Waals surface area (Å²) in [6.45, 7) is 0.484. The van der Waals surface area contributed by atoms with Gasteiger partial charge >= 0.3 is 0 Å². The van der Waals surface area contributed by atoms with Gasteiger partial charge in [0.05, 0.1) is 16.6 Å². The van der Waals surface area contributed by atoms with Crippen LogP contribution in [0.15, 0.2) is 18.2 Å². The van der Waals surface area contributed by atoms with Gasteiger partial charge in [0, 0.05) is 20.0 Å². The number of carbonyl (C=O) groups is 1. The van der Waals surface area contributed by atoms with E-state index >= 15 is 0 Å². The van der Waals surface area contributed by atoms with E-state index in [9.17, 15) is 9.18 Å². The molecule has 2 aromatic rings. The van der Waals surface area contributed by atoms with E-state index in [0.717, 1.165) is 42.5 Å². The molecule has 1 aromatic carbocycles. The molecule has 24 heavy (non-hydrogen) atoms. The molecule has 1 aromatic heterocycles. The average Bonchev–Trinajstić information content (AvgIpc) is 3.06. The van der Waals surface area contributed by atoms with Gasteiger partial charge in [-0.05, 0) is 31.0 Å². The Balaban J connectivity index is 0.00000144. The quantitative estimate of drug-likeness (QED) is 0.860. The highest BCUT2D eigenvalue weighted by Gasteiger charge is 2.36. The first kappa shape index (κ1) is 20.7. The highest BCUT2D eigenvalue weighted by atomic mass is 35.5. The van der Waals surface area contributed by atoms with Crippen LogP contribution >= 0.6 is 24.8 Å². The van der Waals surface area contributed by atoms with Crippen molar-refractivity contribution in [3.8, 4) is 0 Å². The molecule has 3 rings (SSSR count). The number of hydrogen-bond donors (Lipinski definition) is 2. The third kappa shape index (κ3) is 3.99. The predicted molar refractivity (Wildman–Crippen MR) is 97.3 cm³/mol. The molecule has 1 aliphatic rings. The minimum Gasteiger partial charge on any atom is -0.354 e. The zero-order valence-corrected chi connectivity index (χ0v) is 15.2. The first-order valence-electron chi connectivity index (χ1n) is 7.68. The van der Waals surface area contributed by atoms with Crippen molar-refractivity contribution in [3.63, 3.8) is 0 Å². The van der Waals surface area contributed by atoms with Gasteiger partial charge in [0.25, 0.3) is 0 Å². The van der Waals surface area contributed by atoms with Gasteiger partial charge in [-0.15, -0.1) is 24.8 Å². The lowest BCUT2D eigenvalue weighted by atomic mass is 9.98. The van der Waals surface area contributed by atoms with Crippen molar-refractivity contribution in [1.82, 2.24) is 14.9 Å². The minimum atomic E-state index is -0.699. The number of aryl methyl sites for hydroxylation is 1. The molecule has 0 saturated heterocycles. The fourth-order valence-electron chi connectivity index (χ4n) is 3.13. The number of fused-ring (bicyclic) bond motifs is 1. The van der Waals surface area contributed by atoms with E-state index in [4.69, 9.17) is 5.73 Å². The van der Waals surface area contributed by atoms with Gasteiger partial charge < -0.3 is 15.6 Å². The minimum absolute atomic E-state index is 0. The molecule has 0 unspecified atom stereocenters. The number of aromatic nitrogens is 2. The summed E-state index contributed by atoms with van der Waals surface area (Å²) in [5.41, 5.74) is 6.93. The van der Waals surface area contributed by atoms with Crippen LogP contribution in [0, 0.1) is 5.82 Å². The maximum atomic E-state index is 13.3. The maximum absolute atomic E-state index is 13.3. The smallest absolute Gasteiger partial charge is 0.240 e. The largest absolute Gasteiger partial charge is 0.354 e. The summed E-state index contributed by atoms with van der Waals surface area (Å²) in [7, 11) is 1.85. The number of carbonyl (C=O) groups excluding carboxylic acids is 1. The lowest BCUT2D eigenvalue weighted by Gasteiger charge is -2.22. The van der Waals surface area contributed by atoms with Gasteiger partial charge in [-0.25, -0.2) is 9.37 Å². The number of nitrogens with one attached hydrogen (secondary N) is 1. The number of hydrogen-bond acceptors (Lipinski definition) is 3. The molecular formula is C16H23Cl2FN4O. The Morgan fingerprint density at radius 1 is 1.38 bits per heavy atom. The van der Waals surface area contributed by atoms with Crippen LogP contribution in [-0.4, -0.2) is 27.5 Å². The highest BCUT2D eigenvalue weighted by Crippen LogP contribution is 2.27. The van der Waals surface area contributed by atoms with Gasteiger partial charge in [0.1, 0.15) is 11.6 Å². The topological polar surface area (TPSA) is 72.9 Å². The Morgan fingerprint density at radius 2 is 2.04 bits per heavy atom. The molecule has 1 saturated carbocycles. The van der Waals surface area contributed by atoms with Crippen molar-refractivity contribution >= 4 is 41.8 Å². The Labute approximate surface area is 153 Å². The Bertz CT molecular complexity index is 713. The van der Waals surface area contributed by atoms with E-state index in [2.05, 4.69) is 10.3 Å². The Morgan fingerprint density at radius 3 is 2.71 bits per heavy atom. The lowest BCUT2D eigenvalue weighted by Crippen LogP contribution is -2.52. The van der Waals surface area contributed by atoms with Crippen molar-refractivity contribution in [2.75, 3.05) is 6.54 Å². The molecular weight excluding hydrogens is 354 g/mol. The summed E-state index contributed by atoms with van der Waals surface area (Å²) in [6, 6.07) is 4.54. The van der Waals surface area contributed by atoms with Crippen molar-refractivity contribution in [1.29, 1.82) is 0 Å². The summed E-state index contributed by atoms with van der Waals surface area (Å²) < 4.78 is 15.1. The molecule has 0 atom stereocenters. The van der Waals surface area contributed by atoms with E-state index in [-0.39, 0.29) is 36.5 Å². The van der Waals surface area contributed by atoms with Crippen LogP contribution in [0.3, 0.4) is 0 Å². The second-order valence-corrected chi connectivity index (χ2v) is 6.09. The van der Waals surface area contributed by atoms with Crippen molar-refractivity contribution in [2.24, 2.45) is 12.8 Å². The van der Waals surface area contributed by atoms with Crippen LogP contribution in [0.2, 0.25) is 0 Å². The summed E-state index contributed by atoms with van der Waals surface area (Å²) in [6.07, 6.45) is 4.13. The summed E-state index contributed by atoms with van der Waals surface area (Å²) in [5, 5.41) is 2.91. The molecule has 1 aliphatic carbocycles. The molecule has 3 N–H and O–H groups in total. The van der Waals surface area contributed by atoms with Crippen molar-refractivity contribution in [2.45, 2.75) is 37.6 Å². The summed E-state index contributed by atoms with van der Waals surface area (Å²) in [5.74, 6) is 0.467. The molecule has 0 bridgehead atoms. The second kappa shape index (κ2) is 8.14. The van der Waals surface area contributed by atoms with E-state index < -0.39 is 5.54 Å². The van der Waals surface area contributed by atoms with Crippen LogP contribution in [0.25, 0.3) is 11.0 Å². The van der Waals surface area contributed by atoms with Gasteiger partial charge in [-0.2, -0.15) is 0 Å². The number of imidazole rings is 1. The number of benzene rings is 1. The number of nitrogens with zero attached hydrogens (tertiary/aromatic N) is 2. The van der Waals surface area contributed by atoms with Gasteiger partial charge in [0.15, 0.2) is 0 Å². The van der Waals surface area contributed by atoms with E-state index in [1.807, 2.05) is 11.6 Å². The molecule has 5 nitrogen and oxygen atoms in total. The fourth-order valence-corrected chi connectivity index (χ4v) is 3.13. The van der Waals surface area contributed by atoms with E-state index in [0.29, 0.717) is 13.0 Å². The van der Waals surface area contributed by atoms with Crippen LogP contribution < -0.4 is 11.1 Å². The first-order valence-corrected chi connectivity index (χ1v) is 7.68. The third-order valence-corrected chi connectivity index (χ3v) is 4.52. The third-order valence-electron chi connectivity index (χ3n) is 4.52. The van der Waals surface area contributed by atoms with Crippen molar-refractivity contribution in [3.05, 3.63) is 29.8 Å². The number of amides is 1. The predicted octanol–water partition coefficient (Wildman–Crippen LogP) is 2.49. The zero-order valence-electron chi connectivity index (χ0n) is 13.5. The highest BCUT2D eigenvalue weighted by molar-refractivity contribution is 5.86. The van der Waals surface area contributed by atoms with Gasteiger partial charge in [-0.1, -0.05) is 12.8 Å². The molecule has 0 spiro atoms. The average molecular weight is 377 g/mol. The molecule has 1 heterocycles.